The second kappa shape index (κ2) is 8.88. The Labute approximate surface area is 204 Å². The van der Waals surface area contributed by atoms with Crippen molar-refractivity contribution in [2.45, 2.75) is 26.9 Å². The summed E-state index contributed by atoms with van der Waals surface area (Å²) in [6.45, 7) is 5.09. The van der Waals surface area contributed by atoms with Crippen molar-refractivity contribution in [3.63, 3.8) is 0 Å². The van der Waals surface area contributed by atoms with Crippen LogP contribution in [0.4, 0.5) is 5.95 Å². The predicted molar refractivity (Wildman–Crippen MR) is 128 cm³/mol. The third kappa shape index (κ3) is 4.13. The van der Waals surface area contributed by atoms with E-state index < -0.39 is 5.91 Å². The molecule has 1 amide bonds. The fraction of sp³-hybridized carbons (Fsp3) is 0.182. The van der Waals surface area contributed by atoms with Crippen molar-refractivity contribution >= 4 is 40.7 Å². The number of anilines is 1. The lowest BCUT2D eigenvalue weighted by Gasteiger charge is -2.05. The van der Waals surface area contributed by atoms with Crippen LogP contribution in [0.2, 0.25) is 10.0 Å². The number of hydrogen-bond donors (Lipinski definition) is 1. The van der Waals surface area contributed by atoms with Gasteiger partial charge in [0.25, 0.3) is 5.91 Å². The lowest BCUT2D eigenvalue weighted by molar-refractivity contribution is 0.102. The molecule has 0 saturated carbocycles. The first-order valence-electron chi connectivity index (χ1n) is 10.4. The summed E-state index contributed by atoms with van der Waals surface area (Å²) in [6, 6.07) is 7.08. The molecule has 0 aliphatic heterocycles. The summed E-state index contributed by atoms with van der Waals surface area (Å²) in [5.74, 6) is -0.256. The van der Waals surface area contributed by atoms with E-state index in [2.05, 4.69) is 30.6 Å². The molecule has 0 bridgehead atoms. The third-order valence-electron chi connectivity index (χ3n) is 5.30. The number of aryl methyl sites for hydroxylation is 2. The zero-order valence-corrected chi connectivity index (χ0v) is 19.8. The zero-order chi connectivity index (χ0) is 23.8. The molecular weight excluding hydrogens is 477 g/mol. The van der Waals surface area contributed by atoms with Crippen molar-refractivity contribution in [1.82, 2.24) is 39.1 Å². The van der Waals surface area contributed by atoms with Gasteiger partial charge in [0.1, 0.15) is 11.9 Å². The van der Waals surface area contributed by atoms with Gasteiger partial charge in [-0.1, -0.05) is 29.3 Å². The van der Waals surface area contributed by atoms with Crippen LogP contribution in [0.1, 0.15) is 28.5 Å². The Morgan fingerprint density at radius 3 is 2.74 bits per heavy atom. The van der Waals surface area contributed by atoms with Crippen LogP contribution < -0.4 is 5.32 Å². The van der Waals surface area contributed by atoms with Crippen LogP contribution >= 0.6 is 23.2 Å². The molecule has 0 saturated heterocycles. The van der Waals surface area contributed by atoms with Crippen molar-refractivity contribution in [1.29, 1.82) is 0 Å². The van der Waals surface area contributed by atoms with Gasteiger partial charge in [0.2, 0.25) is 5.95 Å². The summed E-state index contributed by atoms with van der Waals surface area (Å²) in [4.78, 5) is 21.5. The van der Waals surface area contributed by atoms with Crippen molar-refractivity contribution in [3.05, 3.63) is 76.0 Å². The van der Waals surface area contributed by atoms with Crippen molar-refractivity contribution in [2.75, 3.05) is 5.32 Å². The minimum absolute atomic E-state index is 0.158. The fourth-order valence-corrected chi connectivity index (χ4v) is 4.08. The predicted octanol–water partition coefficient (Wildman–Crippen LogP) is 4.12. The summed E-state index contributed by atoms with van der Waals surface area (Å²) in [5.41, 5.74) is 4.14. The molecule has 5 aromatic rings. The Morgan fingerprint density at radius 2 is 1.97 bits per heavy atom. The van der Waals surface area contributed by atoms with Gasteiger partial charge in [-0.25, -0.2) is 19.2 Å². The number of benzene rings is 1. The summed E-state index contributed by atoms with van der Waals surface area (Å²) in [6.07, 6.45) is 6.59. The largest absolute Gasteiger partial charge is 0.289 e. The standard InChI is InChI=1S/C22H19Cl2N9O/c1-3-31-11-17(13(2)29-31)19-6-7-25-20-16(9-27-33(19)20)21(34)28-22-26-12-32(30-22)10-14-4-5-15(23)8-18(14)24/h4-9,11-12H,3,10H2,1-2H3,(H,28,30,34). The van der Waals surface area contributed by atoms with Gasteiger partial charge in [0.15, 0.2) is 5.65 Å². The zero-order valence-electron chi connectivity index (χ0n) is 18.3. The fourth-order valence-electron chi connectivity index (χ4n) is 3.61. The van der Waals surface area contributed by atoms with Gasteiger partial charge in [-0.2, -0.15) is 10.2 Å². The minimum Gasteiger partial charge on any atom is -0.289 e. The maximum Gasteiger partial charge on any atom is 0.263 e. The number of nitrogens with one attached hydrogen (secondary N) is 1. The molecule has 10 nitrogen and oxygen atoms in total. The molecule has 0 fully saturated rings. The molecule has 4 aromatic heterocycles. The van der Waals surface area contributed by atoms with E-state index in [1.165, 1.54) is 12.5 Å². The Hall–Kier alpha value is -3.76. The highest BCUT2D eigenvalue weighted by Gasteiger charge is 2.19. The van der Waals surface area contributed by atoms with Crippen molar-refractivity contribution in [3.8, 4) is 11.3 Å². The molecule has 172 valence electrons. The van der Waals surface area contributed by atoms with E-state index in [4.69, 9.17) is 23.2 Å². The molecule has 1 aromatic carbocycles. The molecule has 12 heteroatoms. The average molecular weight is 496 g/mol. The van der Waals surface area contributed by atoms with E-state index in [0.29, 0.717) is 27.8 Å². The SMILES string of the molecule is CCn1cc(-c2ccnc3c(C(=O)Nc4ncn(Cc5ccc(Cl)cc5Cl)n4)cnn23)c(C)n1. The molecule has 5 rings (SSSR count). The van der Waals surface area contributed by atoms with Gasteiger partial charge in [-0.3, -0.25) is 14.8 Å². The lowest BCUT2D eigenvalue weighted by Crippen LogP contribution is -2.14. The van der Waals surface area contributed by atoms with Crippen molar-refractivity contribution in [2.24, 2.45) is 0 Å². The molecule has 34 heavy (non-hydrogen) atoms. The molecule has 0 spiro atoms. The molecular formula is C22H19Cl2N9O. The summed E-state index contributed by atoms with van der Waals surface area (Å²) in [7, 11) is 0. The van der Waals surface area contributed by atoms with E-state index in [-0.39, 0.29) is 5.95 Å². The smallest absolute Gasteiger partial charge is 0.263 e. The number of aromatic nitrogens is 8. The number of carbonyl (C=O) groups excluding carboxylic acids is 1. The topological polar surface area (TPSA) is 108 Å². The normalized spacial score (nSPS) is 11.3. The average Bonchev–Trinajstić information content (AvgIpc) is 3.53. The minimum atomic E-state index is -0.414. The first-order valence-corrected chi connectivity index (χ1v) is 11.2. The number of nitrogens with zero attached hydrogens (tertiary/aromatic N) is 8. The first kappa shape index (κ1) is 22.1. The molecule has 0 atom stereocenters. The van der Waals surface area contributed by atoms with Crippen LogP contribution in [0, 0.1) is 6.92 Å². The molecule has 0 unspecified atom stereocenters. The Bertz CT molecular complexity index is 1520. The van der Waals surface area contributed by atoms with E-state index >= 15 is 0 Å². The Morgan fingerprint density at radius 1 is 1.12 bits per heavy atom. The van der Waals surface area contributed by atoms with Gasteiger partial charge >= 0.3 is 0 Å². The number of halogens is 2. The highest BCUT2D eigenvalue weighted by Crippen LogP contribution is 2.24. The van der Waals surface area contributed by atoms with E-state index in [1.54, 1.807) is 27.5 Å². The third-order valence-corrected chi connectivity index (χ3v) is 5.89. The van der Waals surface area contributed by atoms with Crippen LogP contribution in [-0.2, 0) is 13.1 Å². The number of hydrogen-bond acceptors (Lipinski definition) is 6. The molecule has 0 aliphatic rings. The quantitative estimate of drug-likeness (QED) is 0.379. The monoisotopic (exact) mass is 495 g/mol. The molecule has 0 aliphatic carbocycles. The van der Waals surface area contributed by atoms with Crippen molar-refractivity contribution < 1.29 is 4.79 Å². The van der Waals surface area contributed by atoms with Crippen LogP contribution in [0.3, 0.4) is 0 Å². The Balaban J connectivity index is 1.38. The Kier molecular flexibility index (Phi) is 5.76. The molecule has 4 heterocycles. The van der Waals surface area contributed by atoms with Gasteiger partial charge in [0.05, 0.1) is 24.1 Å². The van der Waals surface area contributed by atoms with E-state index in [0.717, 1.165) is 29.1 Å². The van der Waals surface area contributed by atoms with Gasteiger partial charge < -0.3 is 0 Å². The van der Waals surface area contributed by atoms with Crippen LogP contribution in [0.25, 0.3) is 16.9 Å². The summed E-state index contributed by atoms with van der Waals surface area (Å²) < 4.78 is 5.06. The number of carbonyl (C=O) groups is 1. The van der Waals surface area contributed by atoms with E-state index in [9.17, 15) is 4.79 Å². The highest BCUT2D eigenvalue weighted by molar-refractivity contribution is 6.35. The maximum atomic E-state index is 13.0. The second-order valence-corrected chi connectivity index (χ2v) is 8.41. The summed E-state index contributed by atoms with van der Waals surface area (Å²) >= 11 is 12.2. The number of amides is 1. The van der Waals surface area contributed by atoms with Crippen LogP contribution in [0.5, 0.6) is 0 Å². The second-order valence-electron chi connectivity index (χ2n) is 7.56. The number of fused-ring (bicyclic) bond motifs is 1. The maximum absolute atomic E-state index is 13.0. The first-order chi connectivity index (χ1) is 16.4. The summed E-state index contributed by atoms with van der Waals surface area (Å²) in [5, 5.41) is 17.0. The lowest BCUT2D eigenvalue weighted by atomic mass is 10.2. The molecule has 0 radical (unpaired) electrons. The highest BCUT2D eigenvalue weighted by atomic mass is 35.5. The van der Waals surface area contributed by atoms with E-state index in [1.807, 2.05) is 36.9 Å². The van der Waals surface area contributed by atoms with Gasteiger partial charge in [-0.15, -0.1) is 5.10 Å². The number of rotatable bonds is 6. The van der Waals surface area contributed by atoms with Crippen LogP contribution in [-0.4, -0.2) is 45.1 Å². The van der Waals surface area contributed by atoms with Gasteiger partial charge in [0, 0.05) is 34.5 Å². The van der Waals surface area contributed by atoms with Gasteiger partial charge in [-0.05, 0) is 37.6 Å². The van der Waals surface area contributed by atoms with Crippen LogP contribution in [0.15, 0.2) is 49.2 Å². The molecule has 1 N–H and O–H groups in total.